The number of hydrogen-bond acceptors (Lipinski definition) is 4. The Morgan fingerprint density at radius 3 is 3.07 bits per heavy atom. The first-order valence-corrected chi connectivity index (χ1v) is 5.90. The maximum absolute atomic E-state index is 5.75. The summed E-state index contributed by atoms with van der Waals surface area (Å²) >= 11 is 0. The maximum atomic E-state index is 5.75. The summed E-state index contributed by atoms with van der Waals surface area (Å²) in [5.41, 5.74) is 0. The molecule has 0 aliphatic carbocycles. The highest BCUT2D eigenvalue weighted by Crippen LogP contribution is 2.18. The zero-order chi connectivity index (χ0) is 10.7. The smallest absolute Gasteiger partial charge is 0.193 e. The fourth-order valence-corrected chi connectivity index (χ4v) is 2.15. The molecular weight excluding hydrogens is 190 g/mol. The van der Waals surface area contributed by atoms with Gasteiger partial charge in [0.1, 0.15) is 0 Å². The van der Waals surface area contributed by atoms with Crippen molar-refractivity contribution in [2.45, 2.75) is 38.4 Å². The van der Waals surface area contributed by atoms with Crippen LogP contribution in [0.5, 0.6) is 0 Å². The highest BCUT2D eigenvalue weighted by Gasteiger charge is 2.22. The van der Waals surface area contributed by atoms with Crippen LogP contribution in [0.4, 0.5) is 0 Å². The monoisotopic (exact) mass is 211 g/mol. The van der Waals surface area contributed by atoms with Gasteiger partial charge in [0.2, 0.25) is 0 Å². The molecule has 0 aromatic carbocycles. The zero-order valence-corrected chi connectivity index (χ0v) is 9.70. The van der Waals surface area contributed by atoms with Crippen molar-refractivity contribution >= 4 is 5.96 Å². The molecule has 86 valence electrons. The summed E-state index contributed by atoms with van der Waals surface area (Å²) in [6.07, 6.45) is 4.33. The fraction of sp³-hybridized carbons (Fsp3) is 0.909. The number of ether oxygens (including phenoxy) is 1. The lowest BCUT2D eigenvalue weighted by molar-refractivity contribution is 0.0582. The van der Waals surface area contributed by atoms with E-state index >= 15 is 0 Å². The van der Waals surface area contributed by atoms with Crippen molar-refractivity contribution in [3.8, 4) is 0 Å². The highest BCUT2D eigenvalue weighted by molar-refractivity contribution is 5.80. The molecule has 2 atom stereocenters. The molecule has 2 rings (SSSR count). The quantitative estimate of drug-likeness (QED) is 0.735. The van der Waals surface area contributed by atoms with Crippen molar-refractivity contribution in [2.24, 2.45) is 4.99 Å². The molecule has 0 radical (unpaired) electrons. The average Bonchev–Trinajstić information content (AvgIpc) is 2.63. The molecule has 4 nitrogen and oxygen atoms in total. The Balaban J connectivity index is 1.75. The second-order valence-corrected chi connectivity index (χ2v) is 4.51. The summed E-state index contributed by atoms with van der Waals surface area (Å²) in [6, 6.07) is 0. The molecule has 1 N–H and O–H groups in total. The molecule has 2 heterocycles. The third-order valence-electron chi connectivity index (χ3n) is 3.08. The van der Waals surface area contributed by atoms with Gasteiger partial charge >= 0.3 is 0 Å². The molecule has 4 heteroatoms. The molecule has 2 unspecified atom stereocenters. The second-order valence-electron chi connectivity index (χ2n) is 4.51. The predicted molar refractivity (Wildman–Crippen MR) is 61.1 cm³/mol. The first-order chi connectivity index (χ1) is 7.25. The summed E-state index contributed by atoms with van der Waals surface area (Å²) in [5.74, 6) is 1.03. The molecule has 0 amide bonds. The van der Waals surface area contributed by atoms with E-state index in [9.17, 15) is 0 Å². The summed E-state index contributed by atoms with van der Waals surface area (Å²) in [4.78, 5) is 6.65. The fourth-order valence-electron chi connectivity index (χ4n) is 2.15. The summed E-state index contributed by atoms with van der Waals surface area (Å²) in [7, 11) is 2.09. The number of guanidine groups is 1. The van der Waals surface area contributed by atoms with E-state index < -0.39 is 0 Å². The highest BCUT2D eigenvalue weighted by atomic mass is 16.5. The van der Waals surface area contributed by atoms with Crippen molar-refractivity contribution in [1.29, 1.82) is 0 Å². The molecule has 1 saturated heterocycles. The number of hydrogen-bond donors (Lipinski definition) is 1. The molecule has 2 aliphatic rings. The second kappa shape index (κ2) is 4.84. The van der Waals surface area contributed by atoms with Gasteiger partial charge in [0, 0.05) is 26.7 Å². The number of rotatable bonds is 2. The Hall–Kier alpha value is -0.770. The van der Waals surface area contributed by atoms with Crippen molar-refractivity contribution < 1.29 is 4.74 Å². The van der Waals surface area contributed by atoms with Crippen LogP contribution in [0.2, 0.25) is 0 Å². The Morgan fingerprint density at radius 2 is 2.40 bits per heavy atom. The molecule has 0 aromatic heterocycles. The van der Waals surface area contributed by atoms with Crippen LogP contribution in [-0.4, -0.2) is 49.7 Å². The van der Waals surface area contributed by atoms with E-state index in [-0.39, 0.29) is 0 Å². The van der Waals surface area contributed by atoms with Gasteiger partial charge in [-0.15, -0.1) is 0 Å². The van der Waals surface area contributed by atoms with Crippen LogP contribution < -0.4 is 5.32 Å². The van der Waals surface area contributed by atoms with Gasteiger partial charge in [-0.05, 0) is 26.2 Å². The van der Waals surface area contributed by atoms with E-state index in [1.165, 1.54) is 19.3 Å². The van der Waals surface area contributed by atoms with Crippen molar-refractivity contribution in [3.63, 3.8) is 0 Å². The molecule has 15 heavy (non-hydrogen) atoms. The van der Waals surface area contributed by atoms with Crippen LogP contribution in [0.15, 0.2) is 4.99 Å². The van der Waals surface area contributed by atoms with Gasteiger partial charge < -0.3 is 15.0 Å². The summed E-state index contributed by atoms with van der Waals surface area (Å²) < 4.78 is 5.75. The average molecular weight is 211 g/mol. The molecule has 1 fully saturated rings. The van der Waals surface area contributed by atoms with Crippen molar-refractivity contribution in [2.75, 3.05) is 26.7 Å². The van der Waals surface area contributed by atoms with Crippen LogP contribution in [-0.2, 0) is 4.74 Å². The molecule has 2 aliphatic heterocycles. The maximum Gasteiger partial charge on any atom is 0.193 e. The third-order valence-corrected chi connectivity index (χ3v) is 3.08. The van der Waals surface area contributed by atoms with Crippen molar-refractivity contribution in [3.05, 3.63) is 0 Å². The Bertz CT molecular complexity index is 242. The van der Waals surface area contributed by atoms with E-state index in [0.717, 1.165) is 25.6 Å². The normalized spacial score (nSPS) is 31.6. The van der Waals surface area contributed by atoms with E-state index in [4.69, 9.17) is 4.74 Å². The lowest BCUT2D eigenvalue weighted by Gasteiger charge is -2.26. The minimum atomic E-state index is 0.373. The van der Waals surface area contributed by atoms with Gasteiger partial charge in [-0.3, -0.25) is 4.99 Å². The lowest BCUT2D eigenvalue weighted by Crippen LogP contribution is -2.44. The van der Waals surface area contributed by atoms with Crippen LogP contribution in [0.1, 0.15) is 26.2 Å². The largest absolute Gasteiger partial charge is 0.373 e. The SMILES string of the molecule is CC1CCC(CNC2=NCCCN2C)O1. The topological polar surface area (TPSA) is 36.9 Å². The van der Waals surface area contributed by atoms with E-state index in [2.05, 4.69) is 29.2 Å². The Labute approximate surface area is 91.7 Å². The molecule has 0 spiro atoms. The summed E-state index contributed by atoms with van der Waals surface area (Å²) in [6.45, 7) is 5.10. The zero-order valence-electron chi connectivity index (χ0n) is 9.70. The van der Waals surface area contributed by atoms with Crippen LogP contribution in [0.25, 0.3) is 0 Å². The number of nitrogens with one attached hydrogen (secondary N) is 1. The molecular formula is C11H21N3O. The lowest BCUT2D eigenvalue weighted by atomic mass is 10.2. The summed E-state index contributed by atoms with van der Waals surface area (Å²) in [5, 5.41) is 3.38. The van der Waals surface area contributed by atoms with Crippen LogP contribution in [0.3, 0.4) is 0 Å². The van der Waals surface area contributed by atoms with Crippen LogP contribution >= 0.6 is 0 Å². The Morgan fingerprint density at radius 1 is 1.53 bits per heavy atom. The van der Waals surface area contributed by atoms with Crippen molar-refractivity contribution in [1.82, 2.24) is 10.2 Å². The standard InChI is InChI=1S/C11H21N3O/c1-9-4-5-10(15-9)8-13-11-12-6-3-7-14(11)2/h9-10H,3-8H2,1-2H3,(H,12,13). The van der Waals surface area contributed by atoms with E-state index in [1.54, 1.807) is 0 Å². The molecule has 0 aromatic rings. The van der Waals surface area contributed by atoms with E-state index in [0.29, 0.717) is 12.2 Å². The minimum Gasteiger partial charge on any atom is -0.373 e. The van der Waals surface area contributed by atoms with Gasteiger partial charge in [0.25, 0.3) is 0 Å². The number of nitrogens with zero attached hydrogens (tertiary/aromatic N) is 2. The third kappa shape index (κ3) is 2.84. The molecule has 0 bridgehead atoms. The van der Waals surface area contributed by atoms with Gasteiger partial charge in [0.15, 0.2) is 5.96 Å². The van der Waals surface area contributed by atoms with Gasteiger partial charge in [-0.1, -0.05) is 0 Å². The van der Waals surface area contributed by atoms with Crippen LogP contribution in [0, 0.1) is 0 Å². The predicted octanol–water partition coefficient (Wildman–Crippen LogP) is 0.835. The molecule has 0 saturated carbocycles. The van der Waals surface area contributed by atoms with Gasteiger partial charge in [-0.2, -0.15) is 0 Å². The first-order valence-electron chi connectivity index (χ1n) is 5.90. The van der Waals surface area contributed by atoms with E-state index in [1.807, 2.05) is 0 Å². The first kappa shape index (κ1) is 10.7. The minimum absolute atomic E-state index is 0.373. The Kier molecular flexibility index (Phi) is 3.46. The number of aliphatic imine (C=N–C) groups is 1. The van der Waals surface area contributed by atoms with Gasteiger partial charge in [0.05, 0.1) is 12.2 Å². The van der Waals surface area contributed by atoms with Gasteiger partial charge in [-0.25, -0.2) is 0 Å².